The van der Waals surface area contributed by atoms with Gasteiger partial charge in [-0.15, -0.1) is 0 Å². The molecule has 0 aromatic heterocycles. The van der Waals surface area contributed by atoms with Crippen molar-refractivity contribution in [1.29, 1.82) is 0 Å². The van der Waals surface area contributed by atoms with Crippen LogP contribution in [-0.2, 0) is 9.53 Å². The number of carboxylic acids is 1. The van der Waals surface area contributed by atoms with Crippen molar-refractivity contribution in [2.24, 2.45) is 0 Å². The average molecular weight is 223 g/mol. The number of hydrogen-bond donors (Lipinski definition) is 1. The lowest BCUT2D eigenvalue weighted by molar-refractivity contribution is -0.174. The highest BCUT2D eigenvalue weighted by Crippen LogP contribution is 2.15. The van der Waals surface area contributed by atoms with E-state index in [1.54, 1.807) is 0 Å². The number of carbonyl (C=O) groups is 1. The normalized spacial score (nSPS) is 23.3. The molecule has 4 nitrogen and oxygen atoms in total. The van der Waals surface area contributed by atoms with Crippen LogP contribution in [-0.4, -0.2) is 48.3 Å². The van der Waals surface area contributed by atoms with Crippen molar-refractivity contribution in [1.82, 2.24) is 4.90 Å². The second kappa shape index (κ2) is 5.97. The van der Waals surface area contributed by atoms with Crippen LogP contribution in [0.4, 0.5) is 8.78 Å². The Balaban J connectivity index is 2.25. The van der Waals surface area contributed by atoms with Gasteiger partial charge in [-0.1, -0.05) is 0 Å². The molecule has 1 aliphatic rings. The first-order chi connectivity index (χ1) is 7.08. The molecule has 0 aliphatic carbocycles. The zero-order valence-electron chi connectivity index (χ0n) is 8.36. The lowest BCUT2D eigenvalue weighted by Crippen LogP contribution is -2.41. The predicted octanol–water partition coefficient (Wildman–Crippen LogP) is 1.16. The van der Waals surface area contributed by atoms with Gasteiger partial charge >= 0.3 is 12.6 Å². The summed E-state index contributed by atoms with van der Waals surface area (Å²) < 4.78 is 28.3. The van der Waals surface area contributed by atoms with Crippen molar-refractivity contribution in [3.05, 3.63) is 0 Å². The molecule has 1 atom stereocenters. The molecule has 0 spiro atoms. The number of halogens is 2. The number of alkyl halides is 2. The smallest absolute Gasteiger partial charge is 0.345 e. The molecule has 1 fully saturated rings. The molecule has 6 heteroatoms. The van der Waals surface area contributed by atoms with Crippen LogP contribution in [0.2, 0.25) is 0 Å². The topological polar surface area (TPSA) is 49.8 Å². The fraction of sp³-hybridized carbons (Fsp3) is 0.889. The SMILES string of the molecule is O=C(O)CCN1CCCC(OC(F)F)C1. The summed E-state index contributed by atoms with van der Waals surface area (Å²) in [6, 6.07) is 0. The number of carboxylic acid groups (broad SMARTS) is 1. The maximum Gasteiger partial charge on any atom is 0.345 e. The van der Waals surface area contributed by atoms with Crippen LogP contribution in [0.25, 0.3) is 0 Å². The highest BCUT2D eigenvalue weighted by molar-refractivity contribution is 5.66. The Kier molecular flexibility index (Phi) is 4.90. The molecule has 88 valence electrons. The molecule has 1 rings (SSSR count). The largest absolute Gasteiger partial charge is 0.481 e. The third kappa shape index (κ3) is 5.03. The van der Waals surface area contributed by atoms with Crippen LogP contribution in [0.1, 0.15) is 19.3 Å². The second-order valence-electron chi connectivity index (χ2n) is 3.61. The summed E-state index contributed by atoms with van der Waals surface area (Å²) in [5.41, 5.74) is 0. The van der Waals surface area contributed by atoms with Crippen LogP contribution in [0.15, 0.2) is 0 Å². The molecule has 1 N–H and O–H groups in total. The molecule has 1 unspecified atom stereocenters. The van der Waals surface area contributed by atoms with Crippen molar-refractivity contribution in [2.75, 3.05) is 19.6 Å². The van der Waals surface area contributed by atoms with Gasteiger partial charge < -0.3 is 14.7 Å². The number of rotatable bonds is 5. The lowest BCUT2D eigenvalue weighted by Gasteiger charge is -2.31. The second-order valence-corrected chi connectivity index (χ2v) is 3.61. The molecule has 0 saturated carbocycles. The summed E-state index contributed by atoms with van der Waals surface area (Å²) in [6.07, 6.45) is 0.972. The predicted molar refractivity (Wildman–Crippen MR) is 48.8 cm³/mol. The Bertz CT molecular complexity index is 214. The molecule has 1 aliphatic heterocycles. The first-order valence-electron chi connectivity index (χ1n) is 4.95. The highest BCUT2D eigenvalue weighted by Gasteiger charge is 2.23. The van der Waals surface area contributed by atoms with Gasteiger partial charge in [-0.2, -0.15) is 8.78 Å². The van der Waals surface area contributed by atoms with Crippen LogP contribution in [0.5, 0.6) is 0 Å². The van der Waals surface area contributed by atoms with Gasteiger partial charge in [-0.3, -0.25) is 4.79 Å². The third-order valence-corrected chi connectivity index (χ3v) is 2.40. The van der Waals surface area contributed by atoms with Crippen molar-refractivity contribution in [3.63, 3.8) is 0 Å². The molecule has 0 radical (unpaired) electrons. The van der Waals surface area contributed by atoms with Crippen molar-refractivity contribution in [2.45, 2.75) is 32.0 Å². The molecular formula is C9H15F2NO3. The zero-order valence-corrected chi connectivity index (χ0v) is 8.36. The van der Waals surface area contributed by atoms with Crippen molar-refractivity contribution < 1.29 is 23.4 Å². The van der Waals surface area contributed by atoms with Gasteiger partial charge in [0.1, 0.15) is 0 Å². The molecular weight excluding hydrogens is 208 g/mol. The average Bonchev–Trinajstić information content (AvgIpc) is 2.14. The summed E-state index contributed by atoms with van der Waals surface area (Å²) in [7, 11) is 0. The first-order valence-corrected chi connectivity index (χ1v) is 4.95. The molecule has 1 saturated heterocycles. The molecule has 1 heterocycles. The lowest BCUT2D eigenvalue weighted by atomic mass is 10.1. The minimum atomic E-state index is -2.74. The Hall–Kier alpha value is -0.750. The van der Waals surface area contributed by atoms with Gasteiger partial charge in [0.15, 0.2) is 0 Å². The monoisotopic (exact) mass is 223 g/mol. The summed E-state index contributed by atoms with van der Waals surface area (Å²) in [5, 5.41) is 8.48. The number of likely N-dealkylation sites (tertiary alicyclic amines) is 1. The maximum absolute atomic E-state index is 11.9. The van der Waals surface area contributed by atoms with E-state index < -0.39 is 18.7 Å². The Labute approximate surface area is 86.8 Å². The van der Waals surface area contributed by atoms with E-state index in [1.807, 2.05) is 4.90 Å². The molecule has 0 amide bonds. The van der Waals surface area contributed by atoms with Crippen LogP contribution >= 0.6 is 0 Å². The molecule has 0 aromatic carbocycles. The van der Waals surface area contributed by atoms with Gasteiger partial charge in [-0.25, -0.2) is 0 Å². The van der Waals surface area contributed by atoms with E-state index in [2.05, 4.69) is 4.74 Å². The first kappa shape index (κ1) is 12.3. The summed E-state index contributed by atoms with van der Waals surface area (Å²) in [5.74, 6) is -0.869. The molecule has 0 aromatic rings. The highest BCUT2D eigenvalue weighted by atomic mass is 19.3. The van der Waals surface area contributed by atoms with Crippen molar-refractivity contribution >= 4 is 5.97 Å². The summed E-state index contributed by atoms with van der Waals surface area (Å²) >= 11 is 0. The Morgan fingerprint density at radius 2 is 2.33 bits per heavy atom. The van der Waals surface area contributed by atoms with E-state index in [4.69, 9.17) is 5.11 Å². The number of ether oxygens (including phenoxy) is 1. The van der Waals surface area contributed by atoms with Gasteiger partial charge in [0, 0.05) is 13.1 Å². The van der Waals surface area contributed by atoms with E-state index >= 15 is 0 Å². The fourth-order valence-corrected chi connectivity index (χ4v) is 1.73. The van der Waals surface area contributed by atoms with E-state index in [1.165, 1.54) is 0 Å². The van der Waals surface area contributed by atoms with Crippen molar-refractivity contribution in [3.8, 4) is 0 Å². The standard InChI is InChI=1S/C9H15F2NO3/c10-9(11)15-7-2-1-4-12(6-7)5-3-8(13)14/h7,9H,1-6H2,(H,13,14). The maximum atomic E-state index is 11.9. The van der Waals surface area contributed by atoms with Gasteiger partial charge in [0.25, 0.3) is 0 Å². The van der Waals surface area contributed by atoms with E-state index in [9.17, 15) is 13.6 Å². The Morgan fingerprint density at radius 1 is 1.60 bits per heavy atom. The van der Waals surface area contributed by atoms with E-state index in [-0.39, 0.29) is 6.42 Å². The number of nitrogens with zero attached hydrogens (tertiary/aromatic N) is 1. The zero-order chi connectivity index (χ0) is 11.3. The van der Waals surface area contributed by atoms with Gasteiger partial charge in [0.2, 0.25) is 0 Å². The van der Waals surface area contributed by atoms with Crippen LogP contribution in [0.3, 0.4) is 0 Å². The van der Waals surface area contributed by atoms with Crippen LogP contribution < -0.4 is 0 Å². The number of hydrogen-bond acceptors (Lipinski definition) is 3. The Morgan fingerprint density at radius 3 is 2.93 bits per heavy atom. The van der Waals surface area contributed by atoms with E-state index in [0.29, 0.717) is 19.5 Å². The minimum Gasteiger partial charge on any atom is -0.481 e. The number of piperidine rings is 1. The van der Waals surface area contributed by atoms with Gasteiger partial charge in [0.05, 0.1) is 12.5 Å². The number of aliphatic carboxylic acids is 1. The molecule has 15 heavy (non-hydrogen) atoms. The van der Waals surface area contributed by atoms with Crippen LogP contribution in [0, 0.1) is 0 Å². The quantitative estimate of drug-likeness (QED) is 0.760. The summed E-state index contributed by atoms with van der Waals surface area (Å²) in [6.45, 7) is -1.18. The fourth-order valence-electron chi connectivity index (χ4n) is 1.73. The molecule has 0 bridgehead atoms. The third-order valence-electron chi connectivity index (χ3n) is 2.40. The van der Waals surface area contributed by atoms with Gasteiger partial charge in [-0.05, 0) is 19.4 Å². The minimum absolute atomic E-state index is 0.0431. The van der Waals surface area contributed by atoms with E-state index in [0.717, 1.165) is 13.0 Å². The summed E-state index contributed by atoms with van der Waals surface area (Å²) in [4.78, 5) is 12.2.